The summed E-state index contributed by atoms with van der Waals surface area (Å²) in [7, 11) is 3.14. The second-order valence-electron chi connectivity index (χ2n) is 7.88. The number of halogens is 1. The summed E-state index contributed by atoms with van der Waals surface area (Å²) in [6.07, 6.45) is 0.218. The monoisotopic (exact) mass is 529 g/mol. The fourth-order valence-corrected chi connectivity index (χ4v) is 4.94. The molecule has 3 aromatic carbocycles. The molecule has 0 radical (unpaired) electrons. The van der Waals surface area contributed by atoms with Crippen LogP contribution in [0, 0.1) is 11.3 Å². The maximum atomic E-state index is 12.5. The van der Waals surface area contributed by atoms with Crippen molar-refractivity contribution < 1.29 is 14.3 Å². The molecule has 0 aliphatic carbocycles. The molecule has 0 atom stereocenters. The maximum Gasteiger partial charge on any atom is 0.225 e. The van der Waals surface area contributed by atoms with Crippen molar-refractivity contribution in [3.05, 3.63) is 89.4 Å². The molecule has 0 bridgehead atoms. The second-order valence-corrected chi connectivity index (χ2v) is 9.37. The Labute approximate surface area is 225 Å². The number of rotatable bonds is 9. The van der Waals surface area contributed by atoms with Gasteiger partial charge in [-0.25, -0.2) is 4.98 Å². The number of nitrogens with one attached hydrogen (secondary N) is 1. The second kappa shape index (κ2) is 12.3. The van der Waals surface area contributed by atoms with E-state index in [4.69, 9.17) is 26.1 Å². The number of anilines is 1. The summed E-state index contributed by atoms with van der Waals surface area (Å²) in [6, 6.07) is 26.6. The Morgan fingerprint density at radius 1 is 1.00 bits per heavy atom. The van der Waals surface area contributed by atoms with Crippen LogP contribution in [0.15, 0.2) is 83.9 Å². The van der Waals surface area contributed by atoms with Gasteiger partial charge in [-0.3, -0.25) is 4.79 Å². The first-order chi connectivity index (χ1) is 18.0. The molecule has 6 nitrogen and oxygen atoms in total. The highest BCUT2D eigenvalue weighted by atomic mass is 35.5. The van der Waals surface area contributed by atoms with Crippen molar-refractivity contribution in [1.82, 2.24) is 4.98 Å². The lowest BCUT2D eigenvalue weighted by atomic mass is 9.98. The van der Waals surface area contributed by atoms with Crippen LogP contribution in [0.25, 0.3) is 22.4 Å². The molecule has 1 aromatic heterocycles. The van der Waals surface area contributed by atoms with Crippen molar-refractivity contribution in [2.45, 2.75) is 11.4 Å². The molecule has 37 heavy (non-hydrogen) atoms. The number of aromatic nitrogens is 1. The molecule has 4 aromatic rings. The average molecular weight is 530 g/mol. The Balaban J connectivity index is 1.69. The molecule has 0 spiro atoms. The van der Waals surface area contributed by atoms with Gasteiger partial charge in [0.1, 0.15) is 11.1 Å². The van der Waals surface area contributed by atoms with E-state index in [1.54, 1.807) is 38.5 Å². The van der Waals surface area contributed by atoms with Crippen LogP contribution in [0.3, 0.4) is 0 Å². The number of para-hydroxylation sites is 2. The summed E-state index contributed by atoms with van der Waals surface area (Å²) in [5.41, 5.74) is 3.98. The molecule has 0 fully saturated rings. The number of nitrogens with zero attached hydrogens (tertiary/aromatic N) is 2. The normalized spacial score (nSPS) is 10.4. The average Bonchev–Trinajstić information content (AvgIpc) is 2.93. The smallest absolute Gasteiger partial charge is 0.225 e. The standard InChI is InChI=1S/C29H24ClN3O3S/c1-35-26-14-8-11-20(28(26)36-2)21-17-25(19-9-4-3-5-10-19)33-29(22(21)18-31)37-16-15-27(34)32-24-13-7-6-12-23(24)30/h3-14,17H,15-16H2,1-2H3,(H,32,34). The van der Waals surface area contributed by atoms with Crippen LogP contribution in [0.1, 0.15) is 12.0 Å². The van der Waals surface area contributed by atoms with Crippen molar-refractivity contribution in [2.24, 2.45) is 0 Å². The van der Waals surface area contributed by atoms with Crippen molar-refractivity contribution in [3.63, 3.8) is 0 Å². The number of thioether (sulfide) groups is 1. The minimum atomic E-state index is -0.173. The van der Waals surface area contributed by atoms with Gasteiger partial charge in [0, 0.05) is 28.9 Å². The largest absolute Gasteiger partial charge is 0.493 e. The Kier molecular flexibility index (Phi) is 8.68. The molecule has 0 aliphatic heterocycles. The molecule has 1 heterocycles. The van der Waals surface area contributed by atoms with Crippen molar-refractivity contribution in [2.75, 3.05) is 25.3 Å². The number of methoxy groups -OCH3 is 2. The number of carbonyl (C=O) groups excluding carboxylic acids is 1. The molecule has 0 saturated heterocycles. The zero-order chi connectivity index (χ0) is 26.2. The molecule has 0 saturated carbocycles. The van der Waals surface area contributed by atoms with Gasteiger partial charge < -0.3 is 14.8 Å². The Morgan fingerprint density at radius 3 is 2.46 bits per heavy atom. The molecular weight excluding hydrogens is 506 g/mol. The highest BCUT2D eigenvalue weighted by molar-refractivity contribution is 7.99. The van der Waals surface area contributed by atoms with Gasteiger partial charge in [-0.05, 0) is 24.3 Å². The van der Waals surface area contributed by atoms with E-state index in [9.17, 15) is 10.1 Å². The highest BCUT2D eigenvalue weighted by Gasteiger charge is 2.20. The lowest BCUT2D eigenvalue weighted by Crippen LogP contribution is -2.12. The number of pyridine rings is 1. The van der Waals surface area contributed by atoms with Gasteiger partial charge in [0.15, 0.2) is 11.5 Å². The van der Waals surface area contributed by atoms with Crippen molar-refractivity contribution >= 4 is 35.0 Å². The van der Waals surface area contributed by atoms with Crippen LogP contribution in [0.4, 0.5) is 5.69 Å². The summed E-state index contributed by atoms with van der Waals surface area (Å²) < 4.78 is 11.1. The number of amides is 1. The summed E-state index contributed by atoms with van der Waals surface area (Å²) in [5, 5.41) is 14.0. The number of hydrogen-bond donors (Lipinski definition) is 1. The SMILES string of the molecule is COc1cccc(-c2cc(-c3ccccc3)nc(SCCC(=O)Nc3ccccc3Cl)c2C#N)c1OC. The third-order valence-corrected chi connectivity index (χ3v) is 6.88. The van der Waals surface area contributed by atoms with E-state index in [1.807, 2.05) is 54.6 Å². The van der Waals surface area contributed by atoms with E-state index < -0.39 is 0 Å². The van der Waals surface area contributed by atoms with Gasteiger partial charge in [0.2, 0.25) is 5.91 Å². The number of ether oxygens (including phenoxy) is 2. The van der Waals surface area contributed by atoms with Gasteiger partial charge in [-0.15, -0.1) is 11.8 Å². The minimum Gasteiger partial charge on any atom is -0.493 e. The summed E-state index contributed by atoms with van der Waals surface area (Å²) in [4.78, 5) is 17.3. The van der Waals surface area contributed by atoms with Crippen LogP contribution in [-0.2, 0) is 4.79 Å². The van der Waals surface area contributed by atoms with Crippen molar-refractivity contribution in [3.8, 4) is 40.0 Å². The third-order valence-electron chi connectivity index (χ3n) is 5.58. The van der Waals surface area contributed by atoms with Gasteiger partial charge in [-0.1, -0.05) is 66.2 Å². The minimum absolute atomic E-state index is 0.173. The van der Waals surface area contributed by atoms with Gasteiger partial charge in [0.05, 0.1) is 36.2 Å². The molecule has 1 N–H and O–H groups in total. The zero-order valence-corrected chi connectivity index (χ0v) is 21.9. The zero-order valence-electron chi connectivity index (χ0n) is 20.3. The highest BCUT2D eigenvalue weighted by Crippen LogP contribution is 2.42. The predicted octanol–water partition coefficient (Wildman–Crippen LogP) is 7.08. The molecule has 186 valence electrons. The van der Waals surface area contributed by atoms with Crippen LogP contribution >= 0.6 is 23.4 Å². The molecule has 0 aliphatic rings. The molecule has 1 amide bonds. The van der Waals surface area contributed by atoms with Crippen LogP contribution in [0.5, 0.6) is 11.5 Å². The van der Waals surface area contributed by atoms with E-state index in [1.165, 1.54) is 11.8 Å². The molecule has 4 rings (SSSR count). The summed E-state index contributed by atoms with van der Waals surface area (Å²) >= 11 is 7.51. The van der Waals surface area contributed by atoms with Gasteiger partial charge >= 0.3 is 0 Å². The van der Waals surface area contributed by atoms with E-state index >= 15 is 0 Å². The third kappa shape index (κ3) is 6.05. The first-order valence-electron chi connectivity index (χ1n) is 11.4. The van der Waals surface area contributed by atoms with Gasteiger partial charge in [0.25, 0.3) is 0 Å². The van der Waals surface area contributed by atoms with E-state index in [0.717, 1.165) is 11.1 Å². The van der Waals surface area contributed by atoms with E-state index in [-0.39, 0.29) is 12.3 Å². The molecule has 0 unspecified atom stereocenters. The van der Waals surface area contributed by atoms with Gasteiger partial charge in [-0.2, -0.15) is 5.26 Å². The summed E-state index contributed by atoms with van der Waals surface area (Å²) in [5.74, 6) is 1.34. The van der Waals surface area contributed by atoms with Crippen molar-refractivity contribution in [1.29, 1.82) is 5.26 Å². The Hall–Kier alpha value is -3.99. The molecule has 8 heteroatoms. The first kappa shape index (κ1) is 26.1. The van der Waals surface area contributed by atoms with E-state index in [2.05, 4.69) is 11.4 Å². The lowest BCUT2D eigenvalue weighted by molar-refractivity contribution is -0.115. The fraction of sp³-hybridized carbons (Fsp3) is 0.138. The van der Waals surface area contributed by atoms with Crippen LogP contribution in [-0.4, -0.2) is 30.9 Å². The predicted molar refractivity (Wildman–Crippen MR) is 148 cm³/mol. The summed E-state index contributed by atoms with van der Waals surface area (Å²) in [6.45, 7) is 0. The fourth-order valence-electron chi connectivity index (χ4n) is 3.82. The Bertz CT molecular complexity index is 1450. The topological polar surface area (TPSA) is 84.2 Å². The quantitative estimate of drug-likeness (QED) is 0.233. The first-order valence-corrected chi connectivity index (χ1v) is 12.8. The number of benzene rings is 3. The number of hydrogen-bond acceptors (Lipinski definition) is 6. The van der Waals surface area contributed by atoms with Crippen LogP contribution < -0.4 is 14.8 Å². The lowest BCUT2D eigenvalue weighted by Gasteiger charge is -2.16. The maximum absolute atomic E-state index is 12.5. The van der Waals surface area contributed by atoms with Crippen LogP contribution in [0.2, 0.25) is 5.02 Å². The van der Waals surface area contributed by atoms with E-state index in [0.29, 0.717) is 49.8 Å². The number of carbonyl (C=O) groups is 1. The Morgan fingerprint density at radius 2 is 1.76 bits per heavy atom. The molecular formula is C29H24ClN3O3S. The number of nitriles is 1.